The summed E-state index contributed by atoms with van der Waals surface area (Å²) in [6.07, 6.45) is 30.8. The summed E-state index contributed by atoms with van der Waals surface area (Å²) in [4.78, 5) is 26.3. The van der Waals surface area contributed by atoms with Crippen LogP contribution < -0.4 is 0 Å². The Morgan fingerprint density at radius 3 is 1.60 bits per heavy atom. The van der Waals surface area contributed by atoms with Crippen molar-refractivity contribution < 1.29 is 9.59 Å². The number of ketones is 2. The van der Waals surface area contributed by atoms with Gasteiger partial charge in [-0.2, -0.15) is 0 Å². The molecule has 0 bridgehead atoms. The van der Waals surface area contributed by atoms with Gasteiger partial charge in [0.1, 0.15) is 0 Å². The van der Waals surface area contributed by atoms with Crippen molar-refractivity contribution in [2.24, 2.45) is 0 Å². The van der Waals surface area contributed by atoms with Crippen molar-refractivity contribution in [1.29, 1.82) is 0 Å². The number of hydrogen-bond acceptors (Lipinski definition) is 3. The summed E-state index contributed by atoms with van der Waals surface area (Å²) < 4.78 is 0. The largest absolute Gasteiger partial charge is 0.289 e. The highest BCUT2D eigenvalue weighted by Gasteiger charge is 2.19. The molecule has 0 saturated carbocycles. The minimum atomic E-state index is 0.191. The maximum absolute atomic E-state index is 12.8. The van der Waals surface area contributed by atoms with Gasteiger partial charge < -0.3 is 0 Å². The smallest absolute Gasteiger partial charge is 0.195 e. The van der Waals surface area contributed by atoms with Gasteiger partial charge in [0.2, 0.25) is 0 Å². The maximum atomic E-state index is 12.8. The van der Waals surface area contributed by atoms with Gasteiger partial charge in [-0.3, -0.25) is 9.59 Å². The second kappa shape index (κ2) is 16.7. The number of Topliss-reactive ketones (excluding diaryl/α,β-unsaturated/α-hetero) is 2. The fourth-order valence-electron chi connectivity index (χ4n) is 4.66. The molecule has 0 unspecified atom stereocenters. The summed E-state index contributed by atoms with van der Waals surface area (Å²) in [5, 5.41) is 0. The summed E-state index contributed by atoms with van der Waals surface area (Å²) >= 11 is 1.53. The van der Waals surface area contributed by atoms with Gasteiger partial charge in [0, 0.05) is 11.1 Å². The van der Waals surface area contributed by atoms with E-state index in [-0.39, 0.29) is 11.6 Å². The number of carbonyl (C=O) groups is 2. The normalized spacial score (nSPS) is 18.6. The van der Waals surface area contributed by atoms with Crippen molar-refractivity contribution in [3.8, 4) is 0 Å². The maximum Gasteiger partial charge on any atom is 0.195 e. The number of hydrogen-bond donors (Lipinski definition) is 0. The quantitative estimate of drug-likeness (QED) is 0.200. The Kier molecular flexibility index (Phi) is 14.0. The monoisotopic (exact) mass is 494 g/mol. The van der Waals surface area contributed by atoms with Crippen molar-refractivity contribution >= 4 is 23.3 Å². The molecule has 2 rings (SSSR count). The Morgan fingerprint density at radius 2 is 1.09 bits per heavy atom. The molecule has 0 spiro atoms. The predicted molar refractivity (Wildman–Crippen MR) is 154 cm³/mol. The van der Waals surface area contributed by atoms with Crippen LogP contribution in [0.1, 0.15) is 111 Å². The lowest BCUT2D eigenvalue weighted by atomic mass is 9.90. The first kappa shape index (κ1) is 29.4. The molecule has 2 nitrogen and oxygen atoms in total. The molecule has 0 saturated heterocycles. The van der Waals surface area contributed by atoms with Gasteiger partial charge in [-0.1, -0.05) is 90.2 Å². The van der Waals surface area contributed by atoms with E-state index in [1.165, 1.54) is 76.0 Å². The molecule has 0 amide bonds. The number of allylic oxidation sites excluding steroid dienone is 12. The highest BCUT2D eigenvalue weighted by atomic mass is 32.2. The first-order chi connectivity index (χ1) is 17.0. The molecular weight excluding hydrogens is 448 g/mol. The Hall–Kier alpha value is -1.87. The van der Waals surface area contributed by atoms with Crippen molar-refractivity contribution in [2.75, 3.05) is 6.26 Å². The molecule has 0 aromatic heterocycles. The van der Waals surface area contributed by atoms with Crippen LogP contribution in [-0.4, -0.2) is 17.8 Å². The minimum absolute atomic E-state index is 0.191. The molecule has 0 aliphatic heterocycles. The standard InChI is InChI=1S/C32H46O2S/c1-5-7-9-11-13-15-17-28-22-26(21-25(3)31(28)33)19-20-27-23-29(32(34)30(24-27)35-4)18-16-14-12-10-8-6-2/h19-24H,5-18H2,1-4H3/b26-19-,27-20?. The van der Waals surface area contributed by atoms with E-state index in [1.54, 1.807) is 0 Å². The van der Waals surface area contributed by atoms with Crippen molar-refractivity contribution in [2.45, 2.75) is 111 Å². The number of carbonyl (C=O) groups excluding carboxylic acids is 2. The summed E-state index contributed by atoms with van der Waals surface area (Å²) in [7, 11) is 0. The molecule has 2 aliphatic rings. The van der Waals surface area contributed by atoms with Gasteiger partial charge in [-0.15, -0.1) is 11.8 Å². The van der Waals surface area contributed by atoms with Crippen LogP contribution in [0.15, 0.2) is 69.2 Å². The molecular formula is C32H46O2S. The lowest BCUT2D eigenvalue weighted by Crippen LogP contribution is -2.09. The molecule has 0 aromatic rings. The molecule has 0 fully saturated rings. The second-order valence-corrected chi connectivity index (χ2v) is 10.8. The molecule has 3 heteroatoms. The fourth-order valence-corrected chi connectivity index (χ4v) is 5.23. The summed E-state index contributed by atoms with van der Waals surface area (Å²) in [6, 6.07) is 0. The van der Waals surface area contributed by atoms with Crippen LogP contribution >= 0.6 is 11.8 Å². The molecule has 35 heavy (non-hydrogen) atoms. The first-order valence-electron chi connectivity index (χ1n) is 13.9. The van der Waals surface area contributed by atoms with E-state index in [2.05, 4.69) is 38.2 Å². The van der Waals surface area contributed by atoms with Crippen LogP contribution in [0.25, 0.3) is 0 Å². The highest BCUT2D eigenvalue weighted by Crippen LogP contribution is 2.29. The first-order valence-corrected chi connectivity index (χ1v) is 15.1. The third kappa shape index (κ3) is 10.3. The van der Waals surface area contributed by atoms with Gasteiger partial charge >= 0.3 is 0 Å². The fraction of sp³-hybridized carbons (Fsp3) is 0.562. The van der Waals surface area contributed by atoms with Crippen LogP contribution in [0.3, 0.4) is 0 Å². The van der Waals surface area contributed by atoms with E-state index in [0.29, 0.717) is 0 Å². The van der Waals surface area contributed by atoms with Crippen molar-refractivity contribution in [3.05, 3.63) is 69.2 Å². The van der Waals surface area contributed by atoms with E-state index >= 15 is 0 Å². The Morgan fingerprint density at radius 1 is 0.629 bits per heavy atom. The minimum Gasteiger partial charge on any atom is -0.289 e. The topological polar surface area (TPSA) is 34.1 Å². The van der Waals surface area contributed by atoms with Crippen LogP contribution in [0.5, 0.6) is 0 Å². The van der Waals surface area contributed by atoms with Crippen LogP contribution in [0.4, 0.5) is 0 Å². The zero-order chi connectivity index (χ0) is 25.5. The lowest BCUT2D eigenvalue weighted by Gasteiger charge is -2.15. The Labute approximate surface area is 218 Å². The molecule has 0 heterocycles. The van der Waals surface area contributed by atoms with Gasteiger partial charge in [0.15, 0.2) is 11.6 Å². The van der Waals surface area contributed by atoms with Crippen LogP contribution in [-0.2, 0) is 9.59 Å². The van der Waals surface area contributed by atoms with Crippen LogP contribution in [0, 0.1) is 0 Å². The third-order valence-electron chi connectivity index (χ3n) is 6.82. The highest BCUT2D eigenvalue weighted by molar-refractivity contribution is 8.03. The zero-order valence-corrected chi connectivity index (χ0v) is 23.4. The van der Waals surface area contributed by atoms with E-state index in [9.17, 15) is 9.59 Å². The Balaban J connectivity index is 2.06. The van der Waals surface area contributed by atoms with Crippen LogP contribution in [0.2, 0.25) is 0 Å². The number of thioether (sulfide) groups is 1. The molecule has 0 radical (unpaired) electrons. The predicted octanol–water partition coefficient (Wildman–Crippen LogP) is 9.55. The van der Waals surface area contributed by atoms with Gasteiger partial charge in [0.25, 0.3) is 0 Å². The number of unbranched alkanes of at least 4 members (excludes halogenated alkanes) is 10. The lowest BCUT2D eigenvalue weighted by molar-refractivity contribution is -0.113. The average molecular weight is 495 g/mol. The summed E-state index contributed by atoms with van der Waals surface area (Å²) in [5.74, 6) is 0.383. The SMILES string of the molecule is CCCCCCCCC1=C/C(=C\C=C2C=C(CCCCCCCC)C(=O)C(SC)=C2)C=C(C)C1=O. The average Bonchev–Trinajstić information content (AvgIpc) is 2.86. The molecule has 0 atom stereocenters. The van der Waals surface area contributed by atoms with Gasteiger partial charge in [0.05, 0.1) is 4.91 Å². The molecule has 2 aliphatic carbocycles. The zero-order valence-electron chi connectivity index (χ0n) is 22.6. The van der Waals surface area contributed by atoms with E-state index < -0.39 is 0 Å². The summed E-state index contributed by atoms with van der Waals surface area (Å²) in [5.41, 5.74) is 4.82. The van der Waals surface area contributed by atoms with Gasteiger partial charge in [-0.05, 0) is 79.9 Å². The number of rotatable bonds is 16. The van der Waals surface area contributed by atoms with Gasteiger partial charge in [-0.25, -0.2) is 0 Å². The molecule has 192 valence electrons. The Bertz CT molecular complexity index is 908. The second-order valence-electron chi connectivity index (χ2n) is 9.91. The van der Waals surface area contributed by atoms with Crippen molar-refractivity contribution in [3.63, 3.8) is 0 Å². The summed E-state index contributed by atoms with van der Waals surface area (Å²) in [6.45, 7) is 6.39. The van der Waals surface area contributed by atoms with E-state index in [0.717, 1.165) is 58.5 Å². The molecule has 0 N–H and O–H groups in total. The molecule has 0 aromatic carbocycles. The van der Waals surface area contributed by atoms with E-state index in [4.69, 9.17) is 0 Å². The third-order valence-corrected chi connectivity index (χ3v) is 7.56. The van der Waals surface area contributed by atoms with Crippen molar-refractivity contribution in [1.82, 2.24) is 0 Å². The van der Waals surface area contributed by atoms with E-state index in [1.807, 2.05) is 25.3 Å².